The summed E-state index contributed by atoms with van der Waals surface area (Å²) in [5, 5.41) is 19.6. The highest BCUT2D eigenvalue weighted by molar-refractivity contribution is 7.99. The number of aromatic nitrogens is 6. The molecule has 25 heavy (non-hydrogen) atoms. The Balaban J connectivity index is 1.61. The summed E-state index contributed by atoms with van der Waals surface area (Å²) in [6, 6.07) is 6.17. The van der Waals surface area contributed by atoms with Crippen molar-refractivity contribution in [3.63, 3.8) is 0 Å². The number of amides is 1. The molecule has 0 saturated heterocycles. The average molecular weight is 359 g/mol. The monoisotopic (exact) mass is 359 g/mol. The highest BCUT2D eigenvalue weighted by atomic mass is 32.2. The van der Waals surface area contributed by atoms with E-state index in [0.717, 1.165) is 9.84 Å². The van der Waals surface area contributed by atoms with Gasteiger partial charge in [-0.15, -0.1) is 15.3 Å². The third-order valence-electron chi connectivity index (χ3n) is 3.64. The van der Waals surface area contributed by atoms with Crippen LogP contribution in [0.15, 0.2) is 40.5 Å². The van der Waals surface area contributed by atoms with Crippen LogP contribution in [0.3, 0.4) is 0 Å². The second-order valence-corrected chi connectivity index (χ2v) is 6.46. The second-order valence-electron chi connectivity index (χ2n) is 5.40. The number of hydrogen-bond donors (Lipinski definition) is 1. The Bertz CT molecular complexity index is 952. The van der Waals surface area contributed by atoms with Gasteiger partial charge < -0.3 is 9.88 Å². The van der Waals surface area contributed by atoms with Crippen molar-refractivity contribution in [1.29, 1.82) is 0 Å². The van der Waals surface area contributed by atoms with E-state index in [9.17, 15) is 9.59 Å². The molecular weight excluding hydrogens is 342 g/mol. The first-order chi connectivity index (χ1) is 12.1. The maximum absolute atomic E-state index is 12.5. The fourth-order valence-electron chi connectivity index (χ4n) is 2.23. The van der Waals surface area contributed by atoms with Gasteiger partial charge in [-0.25, -0.2) is 0 Å². The molecule has 0 spiro atoms. The van der Waals surface area contributed by atoms with Gasteiger partial charge in [-0.3, -0.25) is 9.59 Å². The summed E-state index contributed by atoms with van der Waals surface area (Å²) in [5.74, 6) is 0.355. The van der Waals surface area contributed by atoms with E-state index in [-0.39, 0.29) is 11.5 Å². The van der Waals surface area contributed by atoms with Gasteiger partial charge >= 0.3 is 0 Å². The number of benzene rings is 1. The van der Waals surface area contributed by atoms with E-state index in [1.807, 2.05) is 7.05 Å². The molecule has 0 radical (unpaired) electrons. The average Bonchev–Trinajstić information content (AvgIpc) is 3.03. The molecule has 1 amide bonds. The number of nitrogens with one attached hydrogen (secondary N) is 1. The van der Waals surface area contributed by atoms with Crippen molar-refractivity contribution in [3.05, 3.63) is 40.9 Å². The fourth-order valence-corrected chi connectivity index (χ4v) is 2.98. The summed E-state index contributed by atoms with van der Waals surface area (Å²) in [6.07, 6.45) is 1.62. The summed E-state index contributed by atoms with van der Waals surface area (Å²) in [4.78, 5) is 24.7. The first kappa shape index (κ1) is 17.1. The molecule has 0 aliphatic rings. The van der Waals surface area contributed by atoms with Gasteiger partial charge in [0.05, 0.1) is 5.39 Å². The van der Waals surface area contributed by atoms with Crippen LogP contribution < -0.4 is 10.9 Å². The number of carbonyl (C=O) groups is 1. The predicted molar refractivity (Wildman–Crippen MR) is 93.2 cm³/mol. The van der Waals surface area contributed by atoms with E-state index in [2.05, 4.69) is 25.8 Å². The predicted octanol–water partition coefficient (Wildman–Crippen LogP) is 0.389. The quantitative estimate of drug-likeness (QED) is 0.501. The normalized spacial score (nSPS) is 12.2. The van der Waals surface area contributed by atoms with Crippen LogP contribution in [0.4, 0.5) is 0 Å². The topological polar surface area (TPSA) is 108 Å². The zero-order valence-electron chi connectivity index (χ0n) is 13.8. The Kier molecular flexibility index (Phi) is 5.08. The van der Waals surface area contributed by atoms with E-state index in [4.69, 9.17) is 0 Å². The van der Waals surface area contributed by atoms with Crippen molar-refractivity contribution in [2.45, 2.75) is 18.1 Å². The summed E-state index contributed by atoms with van der Waals surface area (Å²) in [6.45, 7) is 2.06. The van der Waals surface area contributed by atoms with Crippen LogP contribution in [-0.2, 0) is 11.8 Å². The molecule has 0 bridgehead atoms. The minimum Gasteiger partial charge on any atom is -0.353 e. The van der Waals surface area contributed by atoms with E-state index < -0.39 is 6.04 Å². The molecule has 1 atom stereocenters. The molecule has 0 saturated carbocycles. The van der Waals surface area contributed by atoms with Crippen molar-refractivity contribution < 1.29 is 4.79 Å². The van der Waals surface area contributed by atoms with Gasteiger partial charge in [0, 0.05) is 19.3 Å². The van der Waals surface area contributed by atoms with E-state index in [0.29, 0.717) is 23.2 Å². The van der Waals surface area contributed by atoms with Crippen molar-refractivity contribution in [2.24, 2.45) is 7.05 Å². The van der Waals surface area contributed by atoms with Gasteiger partial charge in [0.15, 0.2) is 5.16 Å². The molecule has 130 valence electrons. The number of rotatable bonds is 6. The molecule has 10 heteroatoms. The number of carbonyl (C=O) groups excluding carboxylic acids is 1. The van der Waals surface area contributed by atoms with Gasteiger partial charge in [-0.2, -0.15) is 4.68 Å². The second kappa shape index (κ2) is 7.43. The van der Waals surface area contributed by atoms with Gasteiger partial charge in [-0.05, 0) is 19.1 Å². The summed E-state index contributed by atoms with van der Waals surface area (Å²) >= 11 is 1.49. The molecule has 3 aromatic rings. The van der Waals surface area contributed by atoms with Gasteiger partial charge in [0.25, 0.3) is 5.56 Å². The number of thioether (sulfide) groups is 1. The number of fused-ring (bicyclic) bond motifs is 1. The summed E-state index contributed by atoms with van der Waals surface area (Å²) in [5.41, 5.74) is 0.179. The molecule has 0 unspecified atom stereocenters. The molecule has 0 fully saturated rings. The lowest BCUT2D eigenvalue weighted by Gasteiger charge is -2.13. The van der Waals surface area contributed by atoms with Gasteiger partial charge in [0.1, 0.15) is 17.9 Å². The van der Waals surface area contributed by atoms with E-state index in [1.165, 1.54) is 11.8 Å². The Morgan fingerprint density at radius 2 is 2.12 bits per heavy atom. The molecule has 1 aromatic carbocycles. The van der Waals surface area contributed by atoms with E-state index >= 15 is 0 Å². The van der Waals surface area contributed by atoms with Crippen LogP contribution in [-0.4, -0.2) is 48.0 Å². The molecule has 3 rings (SSSR count). The number of nitrogens with zero attached hydrogens (tertiary/aromatic N) is 6. The molecule has 9 nitrogen and oxygen atoms in total. The summed E-state index contributed by atoms with van der Waals surface area (Å²) in [7, 11) is 1.85. The van der Waals surface area contributed by atoms with Gasteiger partial charge in [-0.1, -0.05) is 29.1 Å². The van der Waals surface area contributed by atoms with Crippen molar-refractivity contribution >= 4 is 28.6 Å². The maximum Gasteiger partial charge on any atom is 0.278 e. The van der Waals surface area contributed by atoms with Crippen molar-refractivity contribution in [3.8, 4) is 0 Å². The molecule has 2 aromatic heterocycles. The van der Waals surface area contributed by atoms with Crippen LogP contribution in [0, 0.1) is 0 Å². The number of aryl methyl sites for hydroxylation is 1. The smallest absolute Gasteiger partial charge is 0.278 e. The lowest BCUT2D eigenvalue weighted by atomic mass is 10.2. The van der Waals surface area contributed by atoms with Crippen LogP contribution >= 0.6 is 11.8 Å². The lowest BCUT2D eigenvalue weighted by Crippen LogP contribution is -2.38. The first-order valence-corrected chi connectivity index (χ1v) is 8.65. The Morgan fingerprint density at radius 1 is 1.32 bits per heavy atom. The minimum absolute atomic E-state index is 0.287. The van der Waals surface area contributed by atoms with Crippen LogP contribution in [0.5, 0.6) is 0 Å². The molecule has 0 aliphatic carbocycles. The first-order valence-electron chi connectivity index (χ1n) is 7.66. The Hall–Kier alpha value is -2.75. The van der Waals surface area contributed by atoms with Crippen LogP contribution in [0.2, 0.25) is 0 Å². The molecular formula is C15H17N7O2S. The van der Waals surface area contributed by atoms with Gasteiger partial charge in [0.2, 0.25) is 5.91 Å². The van der Waals surface area contributed by atoms with Crippen LogP contribution in [0.25, 0.3) is 10.9 Å². The van der Waals surface area contributed by atoms with Crippen molar-refractivity contribution in [2.75, 3.05) is 12.3 Å². The highest BCUT2D eigenvalue weighted by Gasteiger charge is 2.18. The highest BCUT2D eigenvalue weighted by Crippen LogP contribution is 2.12. The lowest BCUT2D eigenvalue weighted by molar-refractivity contribution is -0.124. The Morgan fingerprint density at radius 3 is 2.88 bits per heavy atom. The van der Waals surface area contributed by atoms with E-state index in [1.54, 1.807) is 42.1 Å². The third-order valence-corrected chi connectivity index (χ3v) is 4.68. The SMILES string of the molecule is C[C@@H](C(=O)NCCSc1nncn1C)n1nnc2ccccc2c1=O. The minimum atomic E-state index is -0.746. The zero-order chi connectivity index (χ0) is 17.8. The molecule has 0 aliphatic heterocycles. The zero-order valence-corrected chi connectivity index (χ0v) is 14.6. The molecule has 1 N–H and O–H groups in total. The number of hydrogen-bond acceptors (Lipinski definition) is 7. The fraction of sp³-hybridized carbons (Fsp3) is 0.333. The van der Waals surface area contributed by atoms with Crippen molar-refractivity contribution in [1.82, 2.24) is 35.1 Å². The maximum atomic E-state index is 12.5. The molecule has 2 heterocycles. The Labute approximate surface area is 147 Å². The van der Waals surface area contributed by atoms with Crippen LogP contribution in [0.1, 0.15) is 13.0 Å². The third kappa shape index (κ3) is 3.68. The summed E-state index contributed by atoms with van der Waals surface area (Å²) < 4.78 is 2.91. The largest absolute Gasteiger partial charge is 0.353 e. The standard InChI is InChI=1S/C15H17N7O2S/c1-10(13(23)16-7-8-25-15-19-17-9-21(15)2)22-14(24)11-5-3-4-6-12(11)18-20-22/h3-6,9-10H,7-8H2,1-2H3,(H,16,23)/t10-/m0/s1.